The van der Waals surface area contributed by atoms with Gasteiger partial charge in [-0.25, -0.2) is 0 Å². The molecule has 3 atom stereocenters. The van der Waals surface area contributed by atoms with Crippen molar-refractivity contribution in [1.29, 1.82) is 0 Å². The van der Waals surface area contributed by atoms with E-state index in [1.807, 2.05) is 45.0 Å². The van der Waals surface area contributed by atoms with E-state index < -0.39 is 10.2 Å². The Kier molecular flexibility index (Phi) is 5.44. The molecule has 6 nitrogen and oxygen atoms in total. The smallest absolute Gasteiger partial charge is 0.280 e. The first kappa shape index (κ1) is 17.2. The molecule has 124 valence electrons. The van der Waals surface area contributed by atoms with Crippen molar-refractivity contribution in [3.8, 4) is 5.75 Å². The molecule has 0 aliphatic carbocycles. The van der Waals surface area contributed by atoms with Crippen molar-refractivity contribution in [3.05, 3.63) is 29.8 Å². The summed E-state index contributed by atoms with van der Waals surface area (Å²) in [5.74, 6) is 0.668. The summed E-state index contributed by atoms with van der Waals surface area (Å²) >= 11 is 0. The molecule has 1 N–H and O–H groups in total. The summed E-state index contributed by atoms with van der Waals surface area (Å²) in [6, 6.07) is 7.01. The van der Waals surface area contributed by atoms with Crippen molar-refractivity contribution < 1.29 is 17.9 Å². The summed E-state index contributed by atoms with van der Waals surface area (Å²) in [6.45, 7) is 6.28. The van der Waals surface area contributed by atoms with Gasteiger partial charge in [-0.15, -0.1) is 0 Å². The average molecular weight is 328 g/mol. The third-order valence-electron chi connectivity index (χ3n) is 3.66. The fourth-order valence-corrected chi connectivity index (χ4v) is 4.25. The number of ether oxygens (including phenoxy) is 2. The van der Waals surface area contributed by atoms with Gasteiger partial charge in [0.25, 0.3) is 10.2 Å². The standard InChI is InChI=1S/C15H24N2O4S/c1-11-9-17(10-12(2)21-11)22(18,19)16-13(3)14-7-5-6-8-15(14)20-4/h5-8,11-13,16H,9-10H2,1-4H3/t11-,12-,13-/m0/s1. The number of benzene rings is 1. The maximum Gasteiger partial charge on any atom is 0.280 e. The molecule has 1 saturated heterocycles. The largest absolute Gasteiger partial charge is 0.496 e. The fraction of sp³-hybridized carbons (Fsp3) is 0.600. The van der Waals surface area contributed by atoms with E-state index in [4.69, 9.17) is 9.47 Å². The number of rotatable bonds is 5. The van der Waals surface area contributed by atoms with Gasteiger partial charge in [0.05, 0.1) is 19.3 Å². The molecule has 0 radical (unpaired) electrons. The first-order valence-corrected chi connectivity index (χ1v) is 8.83. The average Bonchev–Trinajstić information content (AvgIpc) is 2.45. The molecular formula is C15H24N2O4S. The molecule has 2 rings (SSSR count). The Balaban J connectivity index is 2.14. The Morgan fingerprint density at radius 1 is 1.27 bits per heavy atom. The first-order chi connectivity index (χ1) is 10.3. The van der Waals surface area contributed by atoms with Gasteiger partial charge in [-0.3, -0.25) is 0 Å². The number of morpholine rings is 1. The number of nitrogens with one attached hydrogen (secondary N) is 1. The van der Waals surface area contributed by atoms with Crippen molar-refractivity contribution in [1.82, 2.24) is 9.03 Å². The second kappa shape index (κ2) is 6.95. The number of hydrogen-bond donors (Lipinski definition) is 1. The van der Waals surface area contributed by atoms with Gasteiger partial charge in [0, 0.05) is 24.7 Å². The monoisotopic (exact) mass is 328 g/mol. The van der Waals surface area contributed by atoms with E-state index >= 15 is 0 Å². The van der Waals surface area contributed by atoms with E-state index in [0.29, 0.717) is 18.8 Å². The molecule has 0 bridgehead atoms. The topological polar surface area (TPSA) is 67.9 Å². The van der Waals surface area contributed by atoms with E-state index in [9.17, 15) is 8.42 Å². The Morgan fingerprint density at radius 3 is 2.45 bits per heavy atom. The van der Waals surface area contributed by atoms with Crippen molar-refractivity contribution >= 4 is 10.2 Å². The van der Waals surface area contributed by atoms with E-state index in [1.54, 1.807) is 7.11 Å². The highest BCUT2D eigenvalue weighted by Crippen LogP contribution is 2.25. The molecular weight excluding hydrogens is 304 g/mol. The first-order valence-electron chi connectivity index (χ1n) is 7.39. The van der Waals surface area contributed by atoms with Crippen LogP contribution < -0.4 is 9.46 Å². The Hall–Kier alpha value is -1.15. The third-order valence-corrected chi connectivity index (χ3v) is 5.29. The molecule has 0 spiro atoms. The lowest BCUT2D eigenvalue weighted by Crippen LogP contribution is -2.52. The molecule has 22 heavy (non-hydrogen) atoms. The summed E-state index contributed by atoms with van der Waals surface area (Å²) in [7, 11) is -2.00. The van der Waals surface area contributed by atoms with Crippen LogP contribution >= 0.6 is 0 Å². The van der Waals surface area contributed by atoms with Gasteiger partial charge >= 0.3 is 0 Å². The molecule has 0 saturated carbocycles. The predicted molar refractivity (Wildman–Crippen MR) is 85.0 cm³/mol. The van der Waals surface area contributed by atoms with Crippen LogP contribution in [0.1, 0.15) is 32.4 Å². The second-order valence-corrected chi connectivity index (χ2v) is 7.36. The zero-order valence-electron chi connectivity index (χ0n) is 13.4. The molecule has 1 aromatic rings. The Bertz CT molecular complexity index is 595. The molecule has 1 aliphatic rings. The van der Waals surface area contributed by atoms with Crippen LogP contribution in [-0.2, 0) is 14.9 Å². The molecule has 0 unspecified atom stereocenters. The lowest BCUT2D eigenvalue weighted by molar-refractivity contribution is -0.0444. The van der Waals surface area contributed by atoms with Crippen LogP contribution in [0, 0.1) is 0 Å². The maximum absolute atomic E-state index is 12.6. The van der Waals surface area contributed by atoms with Crippen LogP contribution in [0.3, 0.4) is 0 Å². The normalized spacial score (nSPS) is 24.9. The Morgan fingerprint density at radius 2 is 1.86 bits per heavy atom. The Labute approximate surface area is 132 Å². The molecule has 7 heteroatoms. The van der Waals surface area contributed by atoms with Crippen LogP contribution in [-0.4, -0.2) is 45.1 Å². The van der Waals surface area contributed by atoms with Crippen molar-refractivity contribution in [2.75, 3.05) is 20.2 Å². The molecule has 1 aromatic carbocycles. The molecule has 1 heterocycles. The quantitative estimate of drug-likeness (QED) is 0.893. The molecule has 0 amide bonds. The van der Waals surface area contributed by atoms with Crippen molar-refractivity contribution in [2.45, 2.75) is 39.0 Å². The number of methoxy groups -OCH3 is 1. The van der Waals surface area contributed by atoms with Crippen LogP contribution in [0.2, 0.25) is 0 Å². The number of nitrogens with zero attached hydrogens (tertiary/aromatic N) is 1. The highest BCUT2D eigenvalue weighted by Gasteiger charge is 2.32. The maximum atomic E-state index is 12.6. The van der Waals surface area contributed by atoms with E-state index in [0.717, 1.165) is 5.56 Å². The van der Waals surface area contributed by atoms with Gasteiger partial charge in [0.2, 0.25) is 0 Å². The summed E-state index contributed by atoms with van der Waals surface area (Å²) in [5, 5.41) is 0. The highest BCUT2D eigenvalue weighted by atomic mass is 32.2. The SMILES string of the molecule is COc1ccccc1[C@H](C)NS(=O)(=O)N1C[C@H](C)O[C@@H](C)C1. The minimum atomic E-state index is -3.57. The summed E-state index contributed by atoms with van der Waals surface area (Å²) in [4.78, 5) is 0. The zero-order chi connectivity index (χ0) is 16.3. The van der Waals surface area contributed by atoms with E-state index in [1.165, 1.54) is 4.31 Å². The van der Waals surface area contributed by atoms with Crippen LogP contribution in [0.5, 0.6) is 5.75 Å². The zero-order valence-corrected chi connectivity index (χ0v) is 14.3. The van der Waals surface area contributed by atoms with Crippen LogP contribution in [0.4, 0.5) is 0 Å². The summed E-state index contributed by atoms with van der Waals surface area (Å²) in [5.41, 5.74) is 0.808. The van der Waals surface area contributed by atoms with Gasteiger partial charge in [0.1, 0.15) is 5.75 Å². The summed E-state index contributed by atoms with van der Waals surface area (Å²) < 4.78 is 40.2. The summed E-state index contributed by atoms with van der Waals surface area (Å²) in [6.07, 6.45) is -0.219. The van der Waals surface area contributed by atoms with Gasteiger partial charge in [-0.05, 0) is 26.8 Å². The van der Waals surface area contributed by atoms with Gasteiger partial charge in [0.15, 0.2) is 0 Å². The molecule has 1 aliphatic heterocycles. The highest BCUT2D eigenvalue weighted by molar-refractivity contribution is 7.87. The van der Waals surface area contributed by atoms with Crippen LogP contribution in [0.25, 0.3) is 0 Å². The van der Waals surface area contributed by atoms with E-state index in [2.05, 4.69) is 4.72 Å². The number of para-hydroxylation sites is 1. The molecule has 1 fully saturated rings. The predicted octanol–water partition coefficient (Wildman–Crippen LogP) is 1.70. The minimum absolute atomic E-state index is 0.109. The molecule has 0 aromatic heterocycles. The minimum Gasteiger partial charge on any atom is -0.496 e. The lowest BCUT2D eigenvalue weighted by Gasteiger charge is -2.35. The van der Waals surface area contributed by atoms with Crippen molar-refractivity contribution in [2.24, 2.45) is 0 Å². The van der Waals surface area contributed by atoms with Crippen molar-refractivity contribution in [3.63, 3.8) is 0 Å². The van der Waals surface area contributed by atoms with Crippen LogP contribution in [0.15, 0.2) is 24.3 Å². The third kappa shape index (κ3) is 3.98. The second-order valence-electron chi connectivity index (χ2n) is 5.66. The van der Waals surface area contributed by atoms with E-state index in [-0.39, 0.29) is 18.2 Å². The lowest BCUT2D eigenvalue weighted by atomic mass is 10.1. The number of hydrogen-bond acceptors (Lipinski definition) is 4. The fourth-order valence-electron chi connectivity index (χ4n) is 2.71. The van der Waals surface area contributed by atoms with Gasteiger partial charge in [-0.2, -0.15) is 17.4 Å². The van der Waals surface area contributed by atoms with Gasteiger partial charge < -0.3 is 9.47 Å². The van der Waals surface area contributed by atoms with Gasteiger partial charge in [-0.1, -0.05) is 18.2 Å².